The highest BCUT2D eigenvalue weighted by Crippen LogP contribution is 2.43. The number of carbonyl (C=O) groups excluding carboxylic acids is 1. The first kappa shape index (κ1) is 22.4. The van der Waals surface area contributed by atoms with Crippen LogP contribution in [0.4, 0.5) is 6.01 Å². The van der Waals surface area contributed by atoms with Gasteiger partial charge in [-0.1, -0.05) is 43.3 Å². The van der Waals surface area contributed by atoms with Gasteiger partial charge in [-0.2, -0.15) is 4.98 Å². The van der Waals surface area contributed by atoms with Gasteiger partial charge in [-0.25, -0.2) is 0 Å². The molecule has 178 valence electrons. The summed E-state index contributed by atoms with van der Waals surface area (Å²) in [5.41, 5.74) is 9.51. The number of carbonyl (C=O) groups is 1. The molecule has 1 saturated carbocycles. The van der Waals surface area contributed by atoms with Crippen LogP contribution in [-0.4, -0.2) is 35.7 Å². The summed E-state index contributed by atoms with van der Waals surface area (Å²) in [4.78, 5) is 18.4. The predicted molar refractivity (Wildman–Crippen MR) is 131 cm³/mol. The van der Waals surface area contributed by atoms with Gasteiger partial charge in [0.2, 0.25) is 5.91 Å². The molecule has 2 aromatic carbocycles. The van der Waals surface area contributed by atoms with E-state index in [9.17, 15) is 4.79 Å². The second-order valence-electron chi connectivity index (χ2n) is 9.80. The number of amides is 1. The Bertz CT molecular complexity index is 1140. The molecule has 0 radical (unpaired) electrons. The number of nitrogens with zero attached hydrogens (tertiary/aromatic N) is 3. The number of aromatic nitrogens is 2. The van der Waals surface area contributed by atoms with Crippen molar-refractivity contribution < 1.29 is 14.1 Å². The van der Waals surface area contributed by atoms with Gasteiger partial charge in [-0.05, 0) is 72.4 Å². The SMILES string of the molecule is CC(C)c1noc(N2CCC(COc3ccc(-c4ccc(C(N)=O)c(C5CC5)c4)cc3)CC2)n1. The van der Waals surface area contributed by atoms with E-state index in [4.69, 9.17) is 15.0 Å². The van der Waals surface area contributed by atoms with Crippen molar-refractivity contribution in [2.24, 2.45) is 11.7 Å². The summed E-state index contributed by atoms with van der Waals surface area (Å²) in [5, 5.41) is 4.07. The number of nitrogens with two attached hydrogens (primary N) is 1. The molecule has 0 atom stereocenters. The highest BCUT2D eigenvalue weighted by molar-refractivity contribution is 5.95. The Morgan fingerprint density at radius 1 is 1.09 bits per heavy atom. The van der Waals surface area contributed by atoms with Gasteiger partial charge >= 0.3 is 6.01 Å². The first-order valence-electron chi connectivity index (χ1n) is 12.2. The fourth-order valence-corrected chi connectivity index (χ4v) is 4.54. The Hall–Kier alpha value is -3.35. The first-order valence-corrected chi connectivity index (χ1v) is 12.2. The molecule has 34 heavy (non-hydrogen) atoms. The van der Waals surface area contributed by atoms with E-state index in [1.54, 1.807) is 0 Å². The predicted octanol–water partition coefficient (Wildman–Crippen LogP) is 5.13. The van der Waals surface area contributed by atoms with Crippen molar-refractivity contribution in [1.82, 2.24) is 10.1 Å². The van der Waals surface area contributed by atoms with Crippen LogP contribution in [0.15, 0.2) is 47.0 Å². The zero-order chi connectivity index (χ0) is 23.7. The van der Waals surface area contributed by atoms with Crippen molar-refractivity contribution in [3.8, 4) is 16.9 Å². The van der Waals surface area contributed by atoms with Crippen LogP contribution in [0, 0.1) is 5.92 Å². The van der Waals surface area contributed by atoms with Crippen LogP contribution in [-0.2, 0) is 0 Å². The average molecular weight is 461 g/mol. The van der Waals surface area contributed by atoms with E-state index >= 15 is 0 Å². The summed E-state index contributed by atoms with van der Waals surface area (Å²) in [6.07, 6.45) is 4.33. The maximum absolute atomic E-state index is 11.8. The lowest BCUT2D eigenvalue weighted by Gasteiger charge is -2.30. The summed E-state index contributed by atoms with van der Waals surface area (Å²) in [6.45, 7) is 6.63. The molecule has 2 heterocycles. The molecule has 7 nitrogen and oxygen atoms in total. The van der Waals surface area contributed by atoms with Gasteiger partial charge in [-0.3, -0.25) is 4.79 Å². The van der Waals surface area contributed by atoms with Crippen molar-refractivity contribution in [2.75, 3.05) is 24.6 Å². The lowest BCUT2D eigenvalue weighted by atomic mass is 9.96. The van der Waals surface area contributed by atoms with E-state index in [-0.39, 0.29) is 11.8 Å². The lowest BCUT2D eigenvalue weighted by molar-refractivity contribution is 0.0999. The smallest absolute Gasteiger partial charge is 0.324 e. The number of hydrogen-bond acceptors (Lipinski definition) is 6. The van der Waals surface area contributed by atoms with Crippen molar-refractivity contribution >= 4 is 11.9 Å². The number of anilines is 1. The van der Waals surface area contributed by atoms with Crippen molar-refractivity contribution in [3.63, 3.8) is 0 Å². The minimum absolute atomic E-state index is 0.268. The van der Waals surface area contributed by atoms with Gasteiger partial charge in [0, 0.05) is 24.6 Å². The highest BCUT2D eigenvalue weighted by Gasteiger charge is 2.28. The maximum Gasteiger partial charge on any atom is 0.324 e. The van der Waals surface area contributed by atoms with E-state index in [1.165, 1.54) is 0 Å². The van der Waals surface area contributed by atoms with Crippen molar-refractivity contribution in [1.29, 1.82) is 0 Å². The van der Waals surface area contributed by atoms with Crippen LogP contribution < -0.4 is 15.4 Å². The Balaban J connectivity index is 1.15. The third-order valence-corrected chi connectivity index (χ3v) is 6.84. The third kappa shape index (κ3) is 4.93. The topological polar surface area (TPSA) is 94.5 Å². The van der Waals surface area contributed by atoms with E-state index < -0.39 is 0 Å². The van der Waals surface area contributed by atoms with E-state index in [0.29, 0.717) is 30.0 Å². The fourth-order valence-electron chi connectivity index (χ4n) is 4.54. The van der Waals surface area contributed by atoms with Crippen molar-refractivity contribution in [2.45, 2.75) is 51.4 Å². The van der Waals surface area contributed by atoms with E-state index in [2.05, 4.69) is 47.1 Å². The number of ether oxygens (including phenoxy) is 1. The summed E-state index contributed by atoms with van der Waals surface area (Å²) < 4.78 is 11.5. The third-order valence-electron chi connectivity index (χ3n) is 6.84. The molecule has 7 heteroatoms. The van der Waals surface area contributed by atoms with Crippen LogP contribution in [0.3, 0.4) is 0 Å². The molecule has 1 aliphatic carbocycles. The zero-order valence-electron chi connectivity index (χ0n) is 19.9. The Kier molecular flexibility index (Phi) is 6.26. The molecule has 1 aromatic heterocycles. The van der Waals surface area contributed by atoms with Gasteiger partial charge in [0.15, 0.2) is 5.82 Å². The van der Waals surface area contributed by atoms with Gasteiger partial charge in [0.05, 0.1) is 6.61 Å². The quantitative estimate of drug-likeness (QED) is 0.501. The minimum Gasteiger partial charge on any atom is -0.493 e. The lowest BCUT2D eigenvalue weighted by Crippen LogP contribution is -2.35. The summed E-state index contributed by atoms with van der Waals surface area (Å²) >= 11 is 0. The van der Waals surface area contributed by atoms with Gasteiger partial charge in [-0.15, -0.1) is 0 Å². The van der Waals surface area contributed by atoms with E-state index in [0.717, 1.165) is 67.0 Å². The summed E-state index contributed by atoms with van der Waals surface area (Å²) in [6, 6.07) is 14.8. The van der Waals surface area contributed by atoms with Crippen molar-refractivity contribution in [3.05, 3.63) is 59.4 Å². The van der Waals surface area contributed by atoms with Gasteiger partial charge in [0.25, 0.3) is 0 Å². The monoisotopic (exact) mass is 460 g/mol. The maximum atomic E-state index is 11.8. The van der Waals surface area contributed by atoms with Crippen LogP contribution in [0.25, 0.3) is 11.1 Å². The molecule has 2 aliphatic rings. The molecule has 0 unspecified atom stereocenters. The first-order chi connectivity index (χ1) is 16.5. The molecule has 1 aliphatic heterocycles. The normalized spacial score (nSPS) is 16.7. The second kappa shape index (κ2) is 9.49. The van der Waals surface area contributed by atoms with Gasteiger partial charge < -0.3 is 19.9 Å². The molecular weight excluding hydrogens is 428 g/mol. The van der Waals surface area contributed by atoms with E-state index in [1.807, 2.05) is 24.3 Å². The number of rotatable bonds is 8. The average Bonchev–Trinajstić information content (AvgIpc) is 3.58. The fraction of sp³-hybridized carbons (Fsp3) is 0.444. The Morgan fingerprint density at radius 2 is 1.79 bits per heavy atom. The summed E-state index contributed by atoms with van der Waals surface area (Å²) in [5.74, 6) is 2.53. The molecule has 5 rings (SSSR count). The number of benzene rings is 2. The van der Waals surface area contributed by atoms with Crippen LogP contribution in [0.1, 0.15) is 73.1 Å². The molecule has 3 aromatic rings. The van der Waals surface area contributed by atoms with Crippen LogP contribution >= 0.6 is 0 Å². The minimum atomic E-state index is -0.347. The number of piperidine rings is 1. The molecule has 0 bridgehead atoms. The number of primary amides is 1. The molecule has 2 fully saturated rings. The Labute approximate surface area is 200 Å². The zero-order valence-corrected chi connectivity index (χ0v) is 19.9. The molecule has 1 saturated heterocycles. The van der Waals surface area contributed by atoms with Crippen LogP contribution in [0.2, 0.25) is 0 Å². The standard InChI is InChI=1S/C27H32N4O3/c1-17(2)26-29-27(34-30-26)31-13-11-18(12-14-31)16-33-22-8-5-19(6-9-22)21-7-10-23(25(28)32)24(15-21)20-3-4-20/h5-10,15,17-18,20H,3-4,11-14,16H2,1-2H3,(H2,28,32). The highest BCUT2D eigenvalue weighted by atomic mass is 16.5. The van der Waals surface area contributed by atoms with Crippen LogP contribution in [0.5, 0.6) is 5.75 Å². The Morgan fingerprint density at radius 3 is 2.41 bits per heavy atom. The summed E-state index contributed by atoms with van der Waals surface area (Å²) in [7, 11) is 0. The molecule has 0 spiro atoms. The van der Waals surface area contributed by atoms with Gasteiger partial charge in [0.1, 0.15) is 5.75 Å². The number of hydrogen-bond donors (Lipinski definition) is 1. The molecule has 2 N–H and O–H groups in total. The molecular formula is C27H32N4O3. The second-order valence-corrected chi connectivity index (χ2v) is 9.80. The molecule has 1 amide bonds. The largest absolute Gasteiger partial charge is 0.493 e.